The molecule has 2 rings (SSSR count). The lowest BCUT2D eigenvalue weighted by Gasteiger charge is -2.36. The Labute approximate surface area is 103 Å². The van der Waals surface area contributed by atoms with E-state index in [-0.39, 0.29) is 12.1 Å². The Morgan fingerprint density at radius 3 is 2.65 bits per heavy atom. The third-order valence-corrected chi connectivity index (χ3v) is 3.85. The number of aliphatic hydroxyl groups excluding tert-OH is 1. The van der Waals surface area contributed by atoms with Gasteiger partial charge in [0.05, 0.1) is 12.1 Å². The van der Waals surface area contributed by atoms with E-state index >= 15 is 0 Å². The summed E-state index contributed by atoms with van der Waals surface area (Å²) >= 11 is 0. The molecule has 1 aliphatic rings. The molecule has 3 heteroatoms. The van der Waals surface area contributed by atoms with Crippen LogP contribution in [0.15, 0.2) is 18.2 Å². The van der Waals surface area contributed by atoms with Crippen LogP contribution >= 0.6 is 0 Å². The fraction of sp³-hybridized carbons (Fsp3) is 0.571. The molecule has 0 heterocycles. The van der Waals surface area contributed by atoms with Crippen molar-refractivity contribution in [3.8, 4) is 0 Å². The van der Waals surface area contributed by atoms with Crippen molar-refractivity contribution in [2.45, 2.75) is 44.8 Å². The normalized spacial score (nSPS) is 24.6. The second kappa shape index (κ2) is 4.96. The summed E-state index contributed by atoms with van der Waals surface area (Å²) in [7, 11) is 2.06. The van der Waals surface area contributed by atoms with Gasteiger partial charge in [-0.15, -0.1) is 0 Å². The number of aryl methyl sites for hydroxylation is 1. The van der Waals surface area contributed by atoms with Crippen LogP contribution in [-0.4, -0.2) is 24.3 Å². The zero-order chi connectivity index (χ0) is 12.4. The van der Waals surface area contributed by atoms with E-state index in [9.17, 15) is 5.11 Å². The van der Waals surface area contributed by atoms with Gasteiger partial charge in [0.1, 0.15) is 0 Å². The molecule has 3 N–H and O–H groups in total. The molecule has 0 bridgehead atoms. The van der Waals surface area contributed by atoms with Gasteiger partial charge in [-0.25, -0.2) is 0 Å². The Hall–Kier alpha value is -1.22. The molecule has 2 atom stereocenters. The number of nitrogen functional groups attached to an aromatic ring is 1. The molecular formula is C14H22N2O. The van der Waals surface area contributed by atoms with Crippen LogP contribution < -0.4 is 10.6 Å². The standard InChI is InChI=1S/C14H22N2O/c1-10-9-11(7-8-12(10)15)16(2)13-5-3-4-6-14(13)17/h7-9,13-14,17H,3-6,15H2,1-2H3. The van der Waals surface area contributed by atoms with E-state index in [1.807, 2.05) is 19.1 Å². The topological polar surface area (TPSA) is 49.5 Å². The first kappa shape index (κ1) is 12.2. The molecular weight excluding hydrogens is 212 g/mol. The van der Waals surface area contributed by atoms with Crippen molar-refractivity contribution in [2.24, 2.45) is 0 Å². The van der Waals surface area contributed by atoms with Crippen molar-refractivity contribution in [1.29, 1.82) is 0 Å². The number of benzene rings is 1. The van der Waals surface area contributed by atoms with Gasteiger partial charge in [-0.1, -0.05) is 12.8 Å². The Kier molecular flexibility index (Phi) is 3.57. The van der Waals surface area contributed by atoms with Gasteiger partial charge in [-0.3, -0.25) is 0 Å². The van der Waals surface area contributed by atoms with E-state index in [0.717, 1.165) is 36.2 Å². The van der Waals surface area contributed by atoms with E-state index < -0.39 is 0 Å². The molecule has 0 aromatic heterocycles. The SMILES string of the molecule is Cc1cc(N(C)C2CCCCC2O)ccc1N. The van der Waals surface area contributed by atoms with Gasteiger partial charge in [0, 0.05) is 18.4 Å². The van der Waals surface area contributed by atoms with Crippen molar-refractivity contribution in [2.75, 3.05) is 17.7 Å². The van der Waals surface area contributed by atoms with Gasteiger partial charge < -0.3 is 15.7 Å². The minimum absolute atomic E-state index is 0.202. The molecule has 1 aliphatic carbocycles. The number of hydrogen-bond acceptors (Lipinski definition) is 3. The van der Waals surface area contributed by atoms with Crippen molar-refractivity contribution >= 4 is 11.4 Å². The molecule has 3 nitrogen and oxygen atoms in total. The lowest BCUT2D eigenvalue weighted by atomic mass is 9.91. The summed E-state index contributed by atoms with van der Waals surface area (Å²) in [6.45, 7) is 2.02. The molecule has 1 aromatic rings. The fourth-order valence-corrected chi connectivity index (χ4v) is 2.61. The summed E-state index contributed by atoms with van der Waals surface area (Å²) in [5.41, 5.74) is 8.89. The van der Waals surface area contributed by atoms with Crippen LogP contribution in [0, 0.1) is 6.92 Å². The summed E-state index contributed by atoms with van der Waals surface area (Å²) in [4.78, 5) is 2.19. The van der Waals surface area contributed by atoms with Crippen molar-refractivity contribution in [3.63, 3.8) is 0 Å². The quantitative estimate of drug-likeness (QED) is 0.772. The van der Waals surface area contributed by atoms with Gasteiger partial charge in [0.2, 0.25) is 0 Å². The first-order chi connectivity index (χ1) is 8.09. The molecule has 0 spiro atoms. The number of aliphatic hydroxyl groups is 1. The molecule has 0 aliphatic heterocycles. The zero-order valence-corrected chi connectivity index (χ0v) is 10.7. The maximum atomic E-state index is 10.1. The van der Waals surface area contributed by atoms with Gasteiger partial charge in [-0.2, -0.15) is 0 Å². The van der Waals surface area contributed by atoms with E-state index in [2.05, 4.69) is 18.0 Å². The van der Waals surface area contributed by atoms with E-state index in [4.69, 9.17) is 5.73 Å². The number of rotatable bonds is 2. The third-order valence-electron chi connectivity index (χ3n) is 3.85. The molecule has 94 valence electrons. The summed E-state index contributed by atoms with van der Waals surface area (Å²) in [6, 6.07) is 6.31. The maximum absolute atomic E-state index is 10.1. The van der Waals surface area contributed by atoms with E-state index in [1.165, 1.54) is 6.42 Å². The number of hydrogen-bond donors (Lipinski definition) is 2. The van der Waals surface area contributed by atoms with Gasteiger partial charge in [0.15, 0.2) is 0 Å². The molecule has 0 radical (unpaired) electrons. The van der Waals surface area contributed by atoms with Crippen molar-refractivity contribution in [3.05, 3.63) is 23.8 Å². The molecule has 1 aromatic carbocycles. The van der Waals surface area contributed by atoms with Crippen LogP contribution in [0.5, 0.6) is 0 Å². The highest BCUT2D eigenvalue weighted by atomic mass is 16.3. The molecule has 1 saturated carbocycles. The Balaban J connectivity index is 2.17. The summed E-state index contributed by atoms with van der Waals surface area (Å²) < 4.78 is 0. The fourth-order valence-electron chi connectivity index (χ4n) is 2.61. The molecule has 0 saturated heterocycles. The molecule has 1 fully saturated rings. The molecule has 2 unspecified atom stereocenters. The van der Waals surface area contributed by atoms with Crippen LogP contribution in [-0.2, 0) is 0 Å². The minimum atomic E-state index is -0.202. The van der Waals surface area contributed by atoms with Crippen LogP contribution in [0.3, 0.4) is 0 Å². The van der Waals surface area contributed by atoms with Crippen LogP contribution in [0.25, 0.3) is 0 Å². The van der Waals surface area contributed by atoms with E-state index in [0.29, 0.717) is 0 Å². The van der Waals surface area contributed by atoms with Crippen LogP contribution in [0.4, 0.5) is 11.4 Å². The van der Waals surface area contributed by atoms with Crippen molar-refractivity contribution in [1.82, 2.24) is 0 Å². The second-order valence-corrected chi connectivity index (χ2v) is 5.07. The predicted molar refractivity (Wildman–Crippen MR) is 72.3 cm³/mol. The van der Waals surface area contributed by atoms with Gasteiger partial charge >= 0.3 is 0 Å². The summed E-state index contributed by atoms with van der Waals surface area (Å²) in [5.74, 6) is 0. The van der Waals surface area contributed by atoms with Crippen LogP contribution in [0.2, 0.25) is 0 Å². The first-order valence-corrected chi connectivity index (χ1v) is 6.36. The number of nitrogens with zero attached hydrogens (tertiary/aromatic N) is 1. The highest BCUT2D eigenvalue weighted by molar-refractivity contribution is 5.58. The number of anilines is 2. The zero-order valence-electron chi connectivity index (χ0n) is 10.7. The second-order valence-electron chi connectivity index (χ2n) is 5.07. The predicted octanol–water partition coefficient (Wildman–Crippen LogP) is 2.32. The molecule has 0 amide bonds. The smallest absolute Gasteiger partial charge is 0.0743 e. The van der Waals surface area contributed by atoms with Gasteiger partial charge in [-0.05, 0) is 43.5 Å². The monoisotopic (exact) mass is 234 g/mol. The lowest BCUT2D eigenvalue weighted by Crippen LogP contribution is -2.43. The first-order valence-electron chi connectivity index (χ1n) is 6.36. The average molecular weight is 234 g/mol. The number of likely N-dealkylation sites (N-methyl/N-ethyl adjacent to an activating group) is 1. The highest BCUT2D eigenvalue weighted by Crippen LogP contribution is 2.28. The summed E-state index contributed by atoms with van der Waals surface area (Å²) in [6.07, 6.45) is 4.14. The Bertz CT molecular complexity index is 392. The lowest BCUT2D eigenvalue weighted by molar-refractivity contribution is 0.106. The molecule has 17 heavy (non-hydrogen) atoms. The average Bonchev–Trinajstić information content (AvgIpc) is 2.32. The maximum Gasteiger partial charge on any atom is 0.0743 e. The highest BCUT2D eigenvalue weighted by Gasteiger charge is 2.26. The minimum Gasteiger partial charge on any atom is -0.399 e. The Morgan fingerprint density at radius 1 is 1.29 bits per heavy atom. The van der Waals surface area contributed by atoms with Crippen molar-refractivity contribution < 1.29 is 5.11 Å². The summed E-state index contributed by atoms with van der Waals surface area (Å²) in [5, 5.41) is 10.1. The van der Waals surface area contributed by atoms with E-state index in [1.54, 1.807) is 0 Å². The number of nitrogens with two attached hydrogens (primary N) is 1. The largest absolute Gasteiger partial charge is 0.399 e. The third kappa shape index (κ3) is 2.55. The Morgan fingerprint density at radius 2 is 2.00 bits per heavy atom. The van der Waals surface area contributed by atoms with Gasteiger partial charge in [0.25, 0.3) is 0 Å². The van der Waals surface area contributed by atoms with Crippen LogP contribution in [0.1, 0.15) is 31.2 Å².